The molecule has 0 bridgehead atoms. The molecule has 0 aliphatic heterocycles. The van der Waals surface area contributed by atoms with Gasteiger partial charge in [-0.3, -0.25) is 9.48 Å². The van der Waals surface area contributed by atoms with E-state index in [9.17, 15) is 4.79 Å². The molecule has 1 aromatic heterocycles. The van der Waals surface area contributed by atoms with Gasteiger partial charge in [0.25, 0.3) is 0 Å². The van der Waals surface area contributed by atoms with Crippen molar-refractivity contribution in [1.29, 1.82) is 0 Å². The Labute approximate surface area is 95.8 Å². The van der Waals surface area contributed by atoms with Gasteiger partial charge in [-0.1, -0.05) is 0 Å². The lowest BCUT2D eigenvalue weighted by molar-refractivity contribution is -0.125. The smallest absolute Gasteiger partial charge is 0.250 e. The van der Waals surface area contributed by atoms with Crippen molar-refractivity contribution < 1.29 is 9.53 Å². The second-order valence-electron chi connectivity index (χ2n) is 4.53. The molecule has 0 unspecified atom stereocenters. The largest absolute Gasteiger partial charge is 0.366 e. The number of nitrogens with zero attached hydrogens (tertiary/aromatic N) is 2. The van der Waals surface area contributed by atoms with Crippen LogP contribution in [0.15, 0.2) is 12.4 Å². The number of hydrogen-bond acceptors (Lipinski definition) is 3. The summed E-state index contributed by atoms with van der Waals surface area (Å²) in [7, 11) is 0. The molecule has 0 saturated carbocycles. The summed E-state index contributed by atoms with van der Waals surface area (Å²) >= 11 is 0. The van der Waals surface area contributed by atoms with Crippen molar-refractivity contribution in [3.8, 4) is 0 Å². The van der Waals surface area contributed by atoms with Crippen LogP contribution < -0.4 is 5.32 Å². The summed E-state index contributed by atoms with van der Waals surface area (Å²) in [6.45, 7) is 8.57. The van der Waals surface area contributed by atoms with Gasteiger partial charge in [0.2, 0.25) is 5.91 Å². The van der Waals surface area contributed by atoms with Crippen molar-refractivity contribution >= 4 is 11.6 Å². The molecule has 1 aromatic rings. The first kappa shape index (κ1) is 12.7. The molecule has 16 heavy (non-hydrogen) atoms. The number of hydrogen-bond donors (Lipinski definition) is 1. The van der Waals surface area contributed by atoms with E-state index in [1.807, 2.05) is 27.7 Å². The second kappa shape index (κ2) is 5.12. The van der Waals surface area contributed by atoms with E-state index in [1.54, 1.807) is 17.1 Å². The average molecular weight is 225 g/mol. The first-order chi connectivity index (χ1) is 7.40. The fraction of sp³-hybridized carbons (Fsp3) is 0.636. The Morgan fingerprint density at radius 1 is 1.56 bits per heavy atom. The van der Waals surface area contributed by atoms with Crippen LogP contribution in [-0.4, -0.2) is 27.9 Å². The van der Waals surface area contributed by atoms with Crippen molar-refractivity contribution in [2.24, 2.45) is 0 Å². The van der Waals surface area contributed by atoms with E-state index in [-0.39, 0.29) is 18.1 Å². The number of carbonyl (C=O) groups excluding carboxylic acids is 1. The fourth-order valence-electron chi connectivity index (χ4n) is 1.08. The van der Waals surface area contributed by atoms with Crippen molar-refractivity contribution in [3.05, 3.63) is 12.4 Å². The van der Waals surface area contributed by atoms with Crippen LogP contribution in [0.2, 0.25) is 0 Å². The Morgan fingerprint density at radius 3 is 2.75 bits per heavy atom. The number of rotatable bonds is 4. The van der Waals surface area contributed by atoms with Gasteiger partial charge in [0, 0.05) is 12.7 Å². The van der Waals surface area contributed by atoms with Crippen LogP contribution >= 0.6 is 0 Å². The van der Waals surface area contributed by atoms with Gasteiger partial charge in [-0.15, -0.1) is 0 Å². The quantitative estimate of drug-likeness (QED) is 0.847. The average Bonchev–Trinajstić information content (AvgIpc) is 2.61. The lowest BCUT2D eigenvalue weighted by Crippen LogP contribution is -2.27. The zero-order valence-electron chi connectivity index (χ0n) is 10.3. The minimum atomic E-state index is -0.301. The van der Waals surface area contributed by atoms with Crippen LogP contribution in [0.3, 0.4) is 0 Å². The van der Waals surface area contributed by atoms with E-state index in [4.69, 9.17) is 4.74 Å². The third-order valence-electron chi connectivity index (χ3n) is 1.88. The van der Waals surface area contributed by atoms with Crippen LogP contribution in [0.5, 0.6) is 0 Å². The molecular formula is C11H19N3O2. The molecule has 1 rings (SSSR count). The van der Waals surface area contributed by atoms with Crippen molar-refractivity contribution in [2.75, 3.05) is 11.9 Å². The monoisotopic (exact) mass is 225 g/mol. The van der Waals surface area contributed by atoms with Crippen LogP contribution in [0.1, 0.15) is 27.7 Å². The predicted octanol–water partition coefficient (Wildman–Crippen LogP) is 1.66. The molecule has 0 aliphatic carbocycles. The molecule has 0 aromatic carbocycles. The van der Waals surface area contributed by atoms with Gasteiger partial charge < -0.3 is 10.1 Å². The number of aryl methyl sites for hydroxylation is 1. The molecule has 0 aliphatic rings. The Bertz CT molecular complexity index is 352. The molecule has 0 spiro atoms. The van der Waals surface area contributed by atoms with Gasteiger partial charge >= 0.3 is 0 Å². The third-order valence-corrected chi connectivity index (χ3v) is 1.88. The van der Waals surface area contributed by atoms with E-state index in [0.717, 1.165) is 6.54 Å². The number of amides is 1. The van der Waals surface area contributed by atoms with Crippen LogP contribution in [0, 0.1) is 0 Å². The minimum absolute atomic E-state index is 0.0564. The van der Waals surface area contributed by atoms with E-state index in [1.165, 1.54) is 0 Å². The van der Waals surface area contributed by atoms with Crippen LogP contribution in [-0.2, 0) is 16.1 Å². The second-order valence-corrected chi connectivity index (χ2v) is 4.53. The van der Waals surface area contributed by atoms with Crippen molar-refractivity contribution in [1.82, 2.24) is 9.78 Å². The molecule has 1 heterocycles. The Hall–Kier alpha value is -1.36. The lowest BCUT2D eigenvalue weighted by atomic mass is 10.2. The summed E-state index contributed by atoms with van der Waals surface area (Å²) in [5.74, 6) is -0.162. The van der Waals surface area contributed by atoms with Crippen molar-refractivity contribution in [2.45, 2.75) is 39.8 Å². The SMILES string of the molecule is CCn1cc(NC(=O)COC(C)(C)C)cn1. The molecule has 1 amide bonds. The van der Waals surface area contributed by atoms with E-state index in [0.29, 0.717) is 5.69 Å². The molecule has 5 heteroatoms. The highest BCUT2D eigenvalue weighted by Gasteiger charge is 2.13. The highest BCUT2D eigenvalue weighted by molar-refractivity contribution is 5.91. The van der Waals surface area contributed by atoms with E-state index >= 15 is 0 Å². The van der Waals surface area contributed by atoms with Crippen LogP contribution in [0.25, 0.3) is 0 Å². The number of carbonyl (C=O) groups is 1. The highest BCUT2D eigenvalue weighted by atomic mass is 16.5. The number of ether oxygens (including phenoxy) is 1. The van der Waals surface area contributed by atoms with Gasteiger partial charge in [0.15, 0.2) is 0 Å². The van der Waals surface area contributed by atoms with Gasteiger partial charge in [-0.2, -0.15) is 5.10 Å². The summed E-state index contributed by atoms with van der Waals surface area (Å²) in [5.41, 5.74) is 0.398. The maximum absolute atomic E-state index is 11.5. The van der Waals surface area contributed by atoms with Gasteiger partial charge in [-0.05, 0) is 27.7 Å². The molecule has 1 N–H and O–H groups in total. The predicted molar refractivity (Wildman–Crippen MR) is 62.2 cm³/mol. The summed E-state index contributed by atoms with van der Waals surface area (Å²) in [4.78, 5) is 11.5. The Morgan fingerprint density at radius 2 is 2.25 bits per heavy atom. The topological polar surface area (TPSA) is 56.2 Å². The third kappa shape index (κ3) is 4.44. The first-order valence-corrected chi connectivity index (χ1v) is 5.37. The van der Waals surface area contributed by atoms with Crippen LogP contribution in [0.4, 0.5) is 5.69 Å². The molecule has 0 fully saturated rings. The lowest BCUT2D eigenvalue weighted by Gasteiger charge is -2.18. The summed E-state index contributed by atoms with van der Waals surface area (Å²) < 4.78 is 7.11. The minimum Gasteiger partial charge on any atom is -0.366 e. The summed E-state index contributed by atoms with van der Waals surface area (Å²) in [6.07, 6.45) is 3.41. The molecule has 0 atom stereocenters. The number of nitrogens with one attached hydrogen (secondary N) is 1. The van der Waals surface area contributed by atoms with Crippen molar-refractivity contribution in [3.63, 3.8) is 0 Å². The molecule has 0 saturated heterocycles. The number of aromatic nitrogens is 2. The summed E-state index contributed by atoms with van der Waals surface area (Å²) in [5, 5.41) is 6.78. The fourth-order valence-corrected chi connectivity index (χ4v) is 1.08. The zero-order chi connectivity index (χ0) is 12.2. The standard InChI is InChI=1S/C11H19N3O2/c1-5-14-7-9(6-12-14)13-10(15)8-16-11(2,3)4/h6-7H,5,8H2,1-4H3,(H,13,15). The molecular weight excluding hydrogens is 206 g/mol. The zero-order valence-corrected chi connectivity index (χ0v) is 10.3. The Balaban J connectivity index is 2.40. The maximum atomic E-state index is 11.5. The maximum Gasteiger partial charge on any atom is 0.250 e. The first-order valence-electron chi connectivity index (χ1n) is 5.37. The summed E-state index contributed by atoms with van der Waals surface area (Å²) in [6, 6.07) is 0. The number of anilines is 1. The Kier molecular flexibility index (Phi) is 4.06. The molecule has 5 nitrogen and oxygen atoms in total. The van der Waals surface area contributed by atoms with Gasteiger partial charge in [0.05, 0.1) is 17.5 Å². The van der Waals surface area contributed by atoms with E-state index < -0.39 is 0 Å². The highest BCUT2D eigenvalue weighted by Crippen LogP contribution is 2.08. The molecule has 0 radical (unpaired) electrons. The normalized spacial score (nSPS) is 11.5. The molecule has 90 valence electrons. The van der Waals surface area contributed by atoms with Gasteiger partial charge in [-0.25, -0.2) is 0 Å². The van der Waals surface area contributed by atoms with Gasteiger partial charge in [0.1, 0.15) is 6.61 Å². The van der Waals surface area contributed by atoms with E-state index in [2.05, 4.69) is 10.4 Å².